The highest BCUT2D eigenvalue weighted by Gasteiger charge is 2.25. The van der Waals surface area contributed by atoms with Gasteiger partial charge < -0.3 is 10.2 Å². The maximum atomic E-state index is 13.5. The Balaban J connectivity index is 1.91. The Morgan fingerprint density at radius 3 is 2.81 bits per heavy atom. The summed E-state index contributed by atoms with van der Waals surface area (Å²) in [7, 11) is 0. The van der Waals surface area contributed by atoms with E-state index in [1.165, 1.54) is 18.2 Å². The normalized spacial score (nSPS) is 18.4. The number of hydrogen-bond donors (Lipinski definition) is 1. The van der Waals surface area contributed by atoms with Crippen LogP contribution in [0.15, 0.2) is 24.3 Å². The van der Waals surface area contributed by atoms with Crippen molar-refractivity contribution in [1.29, 1.82) is 0 Å². The third-order valence-corrected chi connectivity index (χ3v) is 3.94. The molecule has 0 radical (unpaired) electrons. The monoisotopic (exact) mass is 292 g/mol. The zero-order valence-corrected chi connectivity index (χ0v) is 12.3. The molecule has 1 heterocycles. The second kappa shape index (κ2) is 7.20. The SMILES string of the molecule is CCC1CCCCN1C(=O)CNC(=O)c1ccccc1F. The Kier molecular flexibility index (Phi) is 5.31. The van der Waals surface area contributed by atoms with Crippen LogP contribution in [0.4, 0.5) is 4.39 Å². The Labute approximate surface area is 124 Å². The molecule has 1 aliphatic rings. The molecule has 0 aromatic heterocycles. The maximum absolute atomic E-state index is 13.5. The van der Waals surface area contributed by atoms with E-state index in [1.54, 1.807) is 6.07 Å². The second-order valence-electron chi connectivity index (χ2n) is 5.31. The molecule has 1 aliphatic heterocycles. The van der Waals surface area contributed by atoms with Crippen LogP contribution < -0.4 is 5.32 Å². The number of nitrogens with zero attached hydrogens (tertiary/aromatic N) is 1. The van der Waals surface area contributed by atoms with E-state index in [0.29, 0.717) is 0 Å². The minimum Gasteiger partial charge on any atom is -0.343 e. The van der Waals surface area contributed by atoms with Crippen LogP contribution in [0.2, 0.25) is 0 Å². The van der Waals surface area contributed by atoms with Crippen molar-refractivity contribution in [2.75, 3.05) is 13.1 Å². The van der Waals surface area contributed by atoms with E-state index < -0.39 is 11.7 Å². The topological polar surface area (TPSA) is 49.4 Å². The number of piperidine rings is 1. The lowest BCUT2D eigenvalue weighted by Crippen LogP contribution is -2.47. The van der Waals surface area contributed by atoms with Gasteiger partial charge in [0, 0.05) is 12.6 Å². The highest BCUT2D eigenvalue weighted by molar-refractivity contribution is 5.96. The van der Waals surface area contributed by atoms with Gasteiger partial charge in [-0.15, -0.1) is 0 Å². The molecule has 1 atom stereocenters. The molecule has 1 saturated heterocycles. The summed E-state index contributed by atoms with van der Waals surface area (Å²) in [5.41, 5.74) is -0.0315. The van der Waals surface area contributed by atoms with E-state index in [1.807, 2.05) is 4.90 Å². The van der Waals surface area contributed by atoms with Gasteiger partial charge in [0.1, 0.15) is 5.82 Å². The van der Waals surface area contributed by atoms with Crippen LogP contribution in [0.3, 0.4) is 0 Å². The third kappa shape index (κ3) is 3.80. The number of rotatable bonds is 4. The molecule has 4 nitrogen and oxygen atoms in total. The first-order valence-electron chi connectivity index (χ1n) is 7.45. The van der Waals surface area contributed by atoms with Gasteiger partial charge in [0.25, 0.3) is 5.91 Å². The van der Waals surface area contributed by atoms with Gasteiger partial charge in [-0.1, -0.05) is 19.1 Å². The zero-order valence-electron chi connectivity index (χ0n) is 12.3. The van der Waals surface area contributed by atoms with Crippen molar-refractivity contribution >= 4 is 11.8 Å². The van der Waals surface area contributed by atoms with Gasteiger partial charge in [0.15, 0.2) is 0 Å². The first kappa shape index (κ1) is 15.5. The van der Waals surface area contributed by atoms with Crippen molar-refractivity contribution in [2.45, 2.75) is 38.6 Å². The number of nitrogens with one attached hydrogen (secondary N) is 1. The number of halogens is 1. The van der Waals surface area contributed by atoms with Crippen molar-refractivity contribution in [2.24, 2.45) is 0 Å². The first-order valence-corrected chi connectivity index (χ1v) is 7.45. The van der Waals surface area contributed by atoms with E-state index in [9.17, 15) is 14.0 Å². The van der Waals surface area contributed by atoms with Crippen LogP contribution in [0, 0.1) is 5.82 Å². The van der Waals surface area contributed by atoms with Gasteiger partial charge in [-0.2, -0.15) is 0 Å². The molecule has 0 aliphatic carbocycles. The minimum absolute atomic E-state index is 0.0315. The number of amides is 2. The molecule has 1 aromatic rings. The molecule has 1 aromatic carbocycles. The Morgan fingerprint density at radius 2 is 2.10 bits per heavy atom. The highest BCUT2D eigenvalue weighted by atomic mass is 19.1. The second-order valence-corrected chi connectivity index (χ2v) is 5.31. The molecule has 21 heavy (non-hydrogen) atoms. The average molecular weight is 292 g/mol. The molecular formula is C16H21FN2O2. The van der Waals surface area contributed by atoms with E-state index in [-0.39, 0.29) is 24.1 Å². The third-order valence-electron chi connectivity index (χ3n) is 3.94. The predicted octanol–water partition coefficient (Wildman–Crippen LogP) is 2.35. The fourth-order valence-electron chi connectivity index (χ4n) is 2.75. The number of benzene rings is 1. The summed E-state index contributed by atoms with van der Waals surface area (Å²) < 4.78 is 13.5. The quantitative estimate of drug-likeness (QED) is 0.926. The Bertz CT molecular complexity index is 519. The van der Waals surface area contributed by atoms with Gasteiger partial charge in [-0.3, -0.25) is 9.59 Å². The van der Waals surface area contributed by atoms with Crippen LogP contribution >= 0.6 is 0 Å². The van der Waals surface area contributed by atoms with Crippen LogP contribution in [-0.4, -0.2) is 35.8 Å². The maximum Gasteiger partial charge on any atom is 0.254 e. The zero-order chi connectivity index (χ0) is 15.2. The fourth-order valence-corrected chi connectivity index (χ4v) is 2.75. The summed E-state index contributed by atoms with van der Waals surface area (Å²) in [5.74, 6) is -1.22. The first-order chi connectivity index (χ1) is 10.1. The molecule has 114 valence electrons. The molecule has 5 heteroatoms. The molecule has 0 saturated carbocycles. The van der Waals surface area contributed by atoms with E-state index in [0.717, 1.165) is 32.2 Å². The summed E-state index contributed by atoms with van der Waals surface area (Å²) in [6.07, 6.45) is 4.09. The van der Waals surface area contributed by atoms with Crippen LogP contribution in [0.25, 0.3) is 0 Å². The Morgan fingerprint density at radius 1 is 1.33 bits per heavy atom. The molecule has 1 unspecified atom stereocenters. The number of hydrogen-bond acceptors (Lipinski definition) is 2. The average Bonchev–Trinajstić information content (AvgIpc) is 2.52. The lowest BCUT2D eigenvalue weighted by atomic mass is 10.00. The lowest BCUT2D eigenvalue weighted by Gasteiger charge is -2.35. The highest BCUT2D eigenvalue weighted by Crippen LogP contribution is 2.19. The number of likely N-dealkylation sites (tertiary alicyclic amines) is 1. The molecule has 2 amide bonds. The number of carbonyl (C=O) groups is 2. The lowest BCUT2D eigenvalue weighted by molar-refractivity contribution is -0.133. The fraction of sp³-hybridized carbons (Fsp3) is 0.500. The van der Waals surface area contributed by atoms with Gasteiger partial charge in [0.05, 0.1) is 12.1 Å². The van der Waals surface area contributed by atoms with E-state index in [2.05, 4.69) is 12.2 Å². The molecule has 1 fully saturated rings. The smallest absolute Gasteiger partial charge is 0.254 e. The van der Waals surface area contributed by atoms with Crippen molar-refractivity contribution in [1.82, 2.24) is 10.2 Å². The Hall–Kier alpha value is -1.91. The molecule has 1 N–H and O–H groups in total. The van der Waals surface area contributed by atoms with Crippen LogP contribution in [0.5, 0.6) is 0 Å². The van der Waals surface area contributed by atoms with Crippen molar-refractivity contribution in [3.8, 4) is 0 Å². The van der Waals surface area contributed by atoms with Crippen molar-refractivity contribution < 1.29 is 14.0 Å². The van der Waals surface area contributed by atoms with Gasteiger partial charge in [-0.25, -0.2) is 4.39 Å². The van der Waals surface area contributed by atoms with E-state index >= 15 is 0 Å². The van der Waals surface area contributed by atoms with Crippen molar-refractivity contribution in [3.63, 3.8) is 0 Å². The van der Waals surface area contributed by atoms with Crippen molar-refractivity contribution in [3.05, 3.63) is 35.6 Å². The minimum atomic E-state index is -0.577. The molecular weight excluding hydrogens is 271 g/mol. The molecule has 0 spiro atoms. The predicted molar refractivity (Wildman–Crippen MR) is 78.4 cm³/mol. The largest absolute Gasteiger partial charge is 0.343 e. The van der Waals surface area contributed by atoms with Gasteiger partial charge in [-0.05, 0) is 37.8 Å². The summed E-state index contributed by atoms with van der Waals surface area (Å²) in [6.45, 7) is 2.73. The summed E-state index contributed by atoms with van der Waals surface area (Å²) >= 11 is 0. The summed E-state index contributed by atoms with van der Waals surface area (Å²) in [5, 5.41) is 2.51. The molecule has 0 bridgehead atoms. The van der Waals surface area contributed by atoms with Crippen LogP contribution in [-0.2, 0) is 4.79 Å². The van der Waals surface area contributed by atoms with E-state index in [4.69, 9.17) is 0 Å². The number of carbonyl (C=O) groups excluding carboxylic acids is 2. The van der Waals surface area contributed by atoms with Gasteiger partial charge in [0.2, 0.25) is 5.91 Å². The molecule has 2 rings (SSSR count). The van der Waals surface area contributed by atoms with Crippen LogP contribution in [0.1, 0.15) is 43.0 Å². The van der Waals surface area contributed by atoms with Gasteiger partial charge >= 0.3 is 0 Å². The summed E-state index contributed by atoms with van der Waals surface area (Å²) in [4.78, 5) is 25.9. The summed E-state index contributed by atoms with van der Waals surface area (Å²) in [6, 6.07) is 6.02. The standard InChI is InChI=1S/C16H21FN2O2/c1-2-12-7-5-6-10-19(12)15(20)11-18-16(21)13-8-3-4-9-14(13)17/h3-4,8-9,12H,2,5-7,10-11H2,1H3,(H,18,21).